The predicted molar refractivity (Wildman–Crippen MR) is 66.0 cm³/mol. The molecule has 0 N–H and O–H groups in total. The Balaban J connectivity index is 2.17. The summed E-state index contributed by atoms with van der Waals surface area (Å²) in [5, 5.41) is 19.9. The Kier molecular flexibility index (Phi) is 3.78. The van der Waals surface area contributed by atoms with Crippen molar-refractivity contribution in [1.29, 1.82) is 0 Å². The lowest BCUT2D eigenvalue weighted by Gasteiger charge is -2.12. The number of hydrogen-bond acceptors (Lipinski definition) is 7. The molecule has 0 spiro atoms. The molecule has 0 unspecified atom stereocenters. The number of amides is 2. The van der Waals surface area contributed by atoms with E-state index in [1.165, 1.54) is 12.1 Å². The molecule has 2 amide bonds. The molecule has 1 heterocycles. The fourth-order valence-corrected chi connectivity index (χ4v) is 2.03. The van der Waals surface area contributed by atoms with Gasteiger partial charge in [0.1, 0.15) is 5.56 Å². The fourth-order valence-electron chi connectivity index (χ4n) is 2.03. The molecule has 10 nitrogen and oxygen atoms in total. The molecule has 1 aromatic carbocycles. The van der Waals surface area contributed by atoms with Crippen LogP contribution in [0.1, 0.15) is 27.1 Å². The number of benzene rings is 1. The average Bonchev–Trinajstić information content (AvgIpc) is 2.67. The Labute approximate surface area is 117 Å². The van der Waals surface area contributed by atoms with Gasteiger partial charge in [0.25, 0.3) is 22.6 Å². The average molecular weight is 295 g/mol. The number of nitro groups is 1. The van der Waals surface area contributed by atoms with Gasteiger partial charge in [-0.1, -0.05) is 6.07 Å². The first-order valence-electron chi connectivity index (χ1n) is 5.84. The third-order valence-corrected chi connectivity index (χ3v) is 2.90. The third kappa shape index (κ3) is 2.63. The Morgan fingerprint density at radius 2 is 1.86 bits per heavy atom. The zero-order valence-electron chi connectivity index (χ0n) is 10.6. The van der Waals surface area contributed by atoms with Crippen molar-refractivity contribution in [3.8, 4) is 0 Å². The van der Waals surface area contributed by atoms with Crippen LogP contribution >= 0.6 is 0 Å². The van der Waals surface area contributed by atoms with Crippen molar-refractivity contribution in [2.75, 3.05) is 13.2 Å². The molecular formula is C11H9N3O7. The van der Waals surface area contributed by atoms with Crippen LogP contribution in [0.15, 0.2) is 18.2 Å². The highest BCUT2D eigenvalue weighted by atomic mass is 16.9. The van der Waals surface area contributed by atoms with Crippen molar-refractivity contribution in [2.45, 2.75) is 6.42 Å². The molecule has 0 radical (unpaired) electrons. The summed E-state index contributed by atoms with van der Waals surface area (Å²) in [6, 6.07) is 3.79. The van der Waals surface area contributed by atoms with Gasteiger partial charge < -0.3 is 4.84 Å². The molecule has 0 fully saturated rings. The van der Waals surface area contributed by atoms with Gasteiger partial charge in [-0.15, -0.1) is 10.1 Å². The van der Waals surface area contributed by atoms with Crippen LogP contribution in [-0.2, 0) is 4.84 Å². The smallest absolute Gasteiger partial charge is 0.294 e. The van der Waals surface area contributed by atoms with Crippen LogP contribution < -0.4 is 0 Å². The van der Waals surface area contributed by atoms with Gasteiger partial charge in [-0.2, -0.15) is 0 Å². The molecule has 1 aromatic rings. The number of fused-ring (bicyclic) bond motifs is 1. The van der Waals surface area contributed by atoms with Gasteiger partial charge in [0.05, 0.1) is 17.1 Å². The van der Waals surface area contributed by atoms with Gasteiger partial charge in [0.15, 0.2) is 0 Å². The van der Waals surface area contributed by atoms with Crippen molar-refractivity contribution in [2.24, 2.45) is 0 Å². The number of carbonyl (C=O) groups is 2. The van der Waals surface area contributed by atoms with E-state index in [0.29, 0.717) is 0 Å². The summed E-state index contributed by atoms with van der Waals surface area (Å²) in [5.41, 5.74) is -0.720. The lowest BCUT2D eigenvalue weighted by atomic mass is 10.1. The minimum absolute atomic E-state index is 0.0376. The number of rotatable bonds is 6. The molecule has 0 saturated heterocycles. The van der Waals surface area contributed by atoms with Crippen molar-refractivity contribution < 1.29 is 24.4 Å². The summed E-state index contributed by atoms with van der Waals surface area (Å²) in [6.07, 6.45) is 0.0558. The first-order valence-corrected chi connectivity index (χ1v) is 5.84. The highest BCUT2D eigenvalue weighted by Gasteiger charge is 2.40. The number of nitrogens with zero attached hydrogens (tertiary/aromatic N) is 3. The number of carbonyl (C=O) groups excluding carboxylic acids is 2. The lowest BCUT2D eigenvalue weighted by Crippen LogP contribution is -2.31. The van der Waals surface area contributed by atoms with E-state index in [1.807, 2.05) is 0 Å². The second-order valence-corrected chi connectivity index (χ2v) is 4.13. The summed E-state index contributed by atoms with van der Waals surface area (Å²) in [7, 11) is 0. The Hall–Kier alpha value is -3.04. The van der Waals surface area contributed by atoms with E-state index in [0.717, 1.165) is 11.0 Å². The first kappa shape index (κ1) is 14.4. The predicted octanol–water partition coefficient (Wildman–Crippen LogP) is 0.789. The third-order valence-electron chi connectivity index (χ3n) is 2.90. The highest BCUT2D eigenvalue weighted by molar-refractivity contribution is 6.23. The molecule has 0 bridgehead atoms. The van der Waals surface area contributed by atoms with Crippen LogP contribution in [0.4, 0.5) is 5.69 Å². The lowest BCUT2D eigenvalue weighted by molar-refractivity contribution is -0.757. The van der Waals surface area contributed by atoms with Crippen LogP contribution in [0.2, 0.25) is 0 Å². The monoisotopic (exact) mass is 295 g/mol. The van der Waals surface area contributed by atoms with Gasteiger partial charge in [0, 0.05) is 12.6 Å². The van der Waals surface area contributed by atoms with Crippen LogP contribution in [0.25, 0.3) is 0 Å². The van der Waals surface area contributed by atoms with E-state index in [2.05, 4.69) is 4.84 Å². The van der Waals surface area contributed by atoms with E-state index < -0.39 is 27.5 Å². The maximum atomic E-state index is 12.1. The van der Waals surface area contributed by atoms with E-state index in [1.54, 1.807) is 0 Å². The Morgan fingerprint density at radius 1 is 1.14 bits per heavy atom. The standard InChI is InChI=1S/C11H9N3O7/c15-10-7-3-1-4-8(13(17)18)9(7)11(16)12(10)5-2-6-21-14(19)20/h1,3-4H,2,5-6H2. The molecule has 110 valence electrons. The molecule has 10 heteroatoms. The van der Waals surface area contributed by atoms with Crippen molar-refractivity contribution >= 4 is 17.5 Å². The van der Waals surface area contributed by atoms with Gasteiger partial charge in [0.2, 0.25) is 0 Å². The van der Waals surface area contributed by atoms with Crippen LogP contribution in [0.3, 0.4) is 0 Å². The Bertz CT molecular complexity index is 643. The maximum absolute atomic E-state index is 12.1. The minimum Gasteiger partial charge on any atom is -0.314 e. The topological polar surface area (TPSA) is 133 Å². The molecule has 0 atom stereocenters. The SMILES string of the molecule is O=C1c2cccc([N+](=O)[O-])c2C(=O)N1CCCO[N+](=O)[O-]. The molecule has 0 aromatic heterocycles. The first-order chi connectivity index (χ1) is 9.93. The number of imide groups is 1. The van der Waals surface area contributed by atoms with Crippen molar-refractivity contribution in [3.63, 3.8) is 0 Å². The van der Waals surface area contributed by atoms with Crippen LogP contribution in [0, 0.1) is 20.2 Å². The summed E-state index contributed by atoms with van der Waals surface area (Å²) < 4.78 is 0. The summed E-state index contributed by atoms with van der Waals surface area (Å²) >= 11 is 0. The summed E-state index contributed by atoms with van der Waals surface area (Å²) in [4.78, 5) is 49.1. The molecule has 0 aliphatic carbocycles. The molecule has 2 rings (SSSR count). The van der Waals surface area contributed by atoms with E-state index in [9.17, 15) is 29.8 Å². The highest BCUT2D eigenvalue weighted by Crippen LogP contribution is 2.30. The molecule has 1 aliphatic rings. The molecular weight excluding hydrogens is 286 g/mol. The Morgan fingerprint density at radius 3 is 2.48 bits per heavy atom. The van der Waals surface area contributed by atoms with Crippen LogP contribution in [0.5, 0.6) is 0 Å². The summed E-state index contributed by atoms with van der Waals surface area (Å²) in [5.74, 6) is -1.43. The maximum Gasteiger partial charge on any atom is 0.294 e. The number of hydrogen-bond donors (Lipinski definition) is 0. The van der Waals surface area contributed by atoms with Crippen LogP contribution in [-0.4, -0.2) is 39.9 Å². The normalized spacial score (nSPS) is 13.2. The largest absolute Gasteiger partial charge is 0.314 e. The van der Waals surface area contributed by atoms with Gasteiger partial charge in [-0.25, -0.2) is 0 Å². The second kappa shape index (κ2) is 5.53. The zero-order chi connectivity index (χ0) is 15.6. The minimum atomic E-state index is -0.979. The van der Waals surface area contributed by atoms with E-state index in [-0.39, 0.29) is 30.7 Å². The fraction of sp³-hybridized carbons (Fsp3) is 0.273. The van der Waals surface area contributed by atoms with Gasteiger partial charge in [-0.3, -0.25) is 24.6 Å². The van der Waals surface area contributed by atoms with Crippen molar-refractivity contribution in [1.82, 2.24) is 4.90 Å². The zero-order valence-corrected chi connectivity index (χ0v) is 10.6. The molecule has 0 saturated carbocycles. The second-order valence-electron chi connectivity index (χ2n) is 4.13. The van der Waals surface area contributed by atoms with E-state index >= 15 is 0 Å². The summed E-state index contributed by atoms with van der Waals surface area (Å²) in [6.45, 7) is -0.389. The van der Waals surface area contributed by atoms with Gasteiger partial charge >= 0.3 is 0 Å². The molecule has 1 aliphatic heterocycles. The van der Waals surface area contributed by atoms with E-state index in [4.69, 9.17) is 0 Å². The molecule has 21 heavy (non-hydrogen) atoms. The number of nitro benzene ring substituents is 1. The van der Waals surface area contributed by atoms with Crippen molar-refractivity contribution in [3.05, 3.63) is 49.6 Å². The van der Waals surface area contributed by atoms with Gasteiger partial charge in [-0.05, 0) is 12.5 Å². The quantitative estimate of drug-likeness (QED) is 0.328.